The molecule has 1 aliphatic rings. The quantitative estimate of drug-likeness (QED) is 0.869. The van der Waals surface area contributed by atoms with Crippen molar-refractivity contribution in [2.75, 3.05) is 0 Å². The molecule has 6 nitrogen and oxygen atoms in total. The summed E-state index contributed by atoms with van der Waals surface area (Å²) in [5.41, 5.74) is 7.64. The van der Waals surface area contributed by atoms with Crippen LogP contribution in [-0.2, 0) is 12.6 Å². The van der Waals surface area contributed by atoms with Crippen molar-refractivity contribution in [1.29, 1.82) is 0 Å². The highest BCUT2D eigenvalue weighted by Crippen LogP contribution is 2.35. The van der Waals surface area contributed by atoms with Crippen molar-refractivity contribution >= 4 is 0 Å². The predicted molar refractivity (Wildman–Crippen MR) is 65.6 cm³/mol. The van der Waals surface area contributed by atoms with Gasteiger partial charge in [-0.25, -0.2) is 0 Å². The molecule has 96 valence electrons. The Balaban J connectivity index is 1.94. The molecule has 0 aromatic carbocycles. The monoisotopic (exact) mass is 247 g/mol. The molecule has 0 atom stereocenters. The van der Waals surface area contributed by atoms with Gasteiger partial charge in [0.25, 0.3) is 5.89 Å². The van der Waals surface area contributed by atoms with Crippen LogP contribution in [0.15, 0.2) is 10.6 Å². The number of rotatable bonds is 2. The van der Waals surface area contributed by atoms with Crippen LogP contribution >= 0.6 is 0 Å². The van der Waals surface area contributed by atoms with Gasteiger partial charge in [0.1, 0.15) is 0 Å². The molecule has 6 heteroatoms. The number of nitrogens with two attached hydrogens (primary N) is 1. The van der Waals surface area contributed by atoms with Crippen LogP contribution in [0.25, 0.3) is 11.6 Å². The van der Waals surface area contributed by atoms with Gasteiger partial charge < -0.3 is 10.3 Å². The molecule has 3 rings (SSSR count). The molecule has 18 heavy (non-hydrogen) atoms. The molecule has 1 saturated carbocycles. The third kappa shape index (κ3) is 1.73. The summed E-state index contributed by atoms with van der Waals surface area (Å²) < 4.78 is 7.06. The van der Waals surface area contributed by atoms with Crippen LogP contribution in [0.2, 0.25) is 0 Å². The van der Waals surface area contributed by atoms with Crippen molar-refractivity contribution in [3.05, 3.63) is 17.6 Å². The highest BCUT2D eigenvalue weighted by molar-refractivity contribution is 5.47. The summed E-state index contributed by atoms with van der Waals surface area (Å²) >= 11 is 0. The molecule has 0 amide bonds. The molecule has 1 fully saturated rings. The largest absolute Gasteiger partial charge is 0.332 e. The lowest BCUT2D eigenvalue weighted by Crippen LogP contribution is -2.34. The fraction of sp³-hybridized carbons (Fsp3) is 0.583. The van der Waals surface area contributed by atoms with Crippen molar-refractivity contribution in [3.63, 3.8) is 0 Å². The Morgan fingerprint density at radius 1 is 1.39 bits per heavy atom. The molecule has 0 aliphatic heterocycles. The highest BCUT2D eigenvalue weighted by atomic mass is 16.5. The van der Waals surface area contributed by atoms with Crippen LogP contribution < -0.4 is 5.73 Å². The van der Waals surface area contributed by atoms with Gasteiger partial charge in [-0.1, -0.05) is 18.0 Å². The first-order valence-electron chi connectivity index (χ1n) is 6.23. The van der Waals surface area contributed by atoms with Gasteiger partial charge in [-0.2, -0.15) is 10.1 Å². The minimum atomic E-state index is -0.411. The van der Waals surface area contributed by atoms with E-state index in [4.69, 9.17) is 10.3 Å². The second kappa shape index (κ2) is 3.91. The first-order chi connectivity index (χ1) is 8.58. The van der Waals surface area contributed by atoms with Crippen molar-refractivity contribution in [2.45, 2.75) is 38.1 Å². The Morgan fingerprint density at radius 2 is 2.11 bits per heavy atom. The summed E-state index contributed by atoms with van der Waals surface area (Å²) in [6.07, 6.45) is 4.10. The minimum absolute atomic E-state index is 0.411. The fourth-order valence-electron chi connectivity index (χ4n) is 2.42. The first kappa shape index (κ1) is 11.4. The Bertz CT molecular complexity index is 545. The van der Waals surface area contributed by atoms with Gasteiger partial charge in [-0.05, 0) is 25.8 Å². The van der Waals surface area contributed by atoms with Crippen molar-refractivity contribution in [3.8, 4) is 11.6 Å². The van der Waals surface area contributed by atoms with E-state index < -0.39 is 5.54 Å². The summed E-state index contributed by atoms with van der Waals surface area (Å²) in [6, 6.07) is 1.93. The van der Waals surface area contributed by atoms with Crippen LogP contribution in [0.1, 0.15) is 37.2 Å². The SMILES string of the molecule is Cc1cc(-c2nc(C3(N)CCCC3)no2)nn1C. The van der Waals surface area contributed by atoms with Crippen LogP contribution in [0.4, 0.5) is 0 Å². The average Bonchev–Trinajstić information content (AvgIpc) is 3.01. The third-order valence-corrected chi connectivity index (χ3v) is 3.70. The number of nitrogens with zero attached hydrogens (tertiary/aromatic N) is 4. The van der Waals surface area contributed by atoms with Gasteiger partial charge in [-0.15, -0.1) is 0 Å². The Kier molecular flexibility index (Phi) is 2.48. The fourth-order valence-corrected chi connectivity index (χ4v) is 2.42. The summed E-state index contributed by atoms with van der Waals surface area (Å²) in [5.74, 6) is 1.06. The van der Waals surface area contributed by atoms with Crippen LogP contribution in [0.3, 0.4) is 0 Å². The molecule has 2 aromatic heterocycles. The van der Waals surface area contributed by atoms with Gasteiger partial charge in [0.15, 0.2) is 11.5 Å². The van der Waals surface area contributed by atoms with Crippen LogP contribution in [0, 0.1) is 6.92 Å². The molecular formula is C12H17N5O. The van der Waals surface area contributed by atoms with E-state index in [0.717, 1.165) is 31.4 Å². The summed E-state index contributed by atoms with van der Waals surface area (Å²) in [7, 11) is 1.89. The molecule has 2 aromatic rings. The predicted octanol–water partition coefficient (Wildman–Crippen LogP) is 1.51. The molecule has 0 bridgehead atoms. The van der Waals surface area contributed by atoms with Gasteiger partial charge in [0.05, 0.1) is 5.54 Å². The number of hydrogen-bond acceptors (Lipinski definition) is 5. The Labute approximate surface area is 105 Å². The normalized spacial score (nSPS) is 18.4. The second-order valence-electron chi connectivity index (χ2n) is 5.08. The van der Waals surface area contributed by atoms with Gasteiger partial charge in [0.2, 0.25) is 0 Å². The molecule has 0 saturated heterocycles. The average molecular weight is 247 g/mol. The lowest BCUT2D eigenvalue weighted by Gasteiger charge is -2.17. The molecule has 0 radical (unpaired) electrons. The third-order valence-electron chi connectivity index (χ3n) is 3.70. The van der Waals surface area contributed by atoms with E-state index in [2.05, 4.69) is 15.2 Å². The highest BCUT2D eigenvalue weighted by Gasteiger charge is 2.36. The van der Waals surface area contributed by atoms with E-state index in [1.54, 1.807) is 4.68 Å². The maximum atomic E-state index is 6.30. The number of hydrogen-bond donors (Lipinski definition) is 1. The molecule has 2 N–H and O–H groups in total. The first-order valence-corrected chi connectivity index (χ1v) is 6.23. The minimum Gasteiger partial charge on any atom is -0.332 e. The molecule has 2 heterocycles. The maximum absolute atomic E-state index is 6.30. The smallest absolute Gasteiger partial charge is 0.278 e. The summed E-state index contributed by atoms with van der Waals surface area (Å²) in [5, 5.41) is 8.35. The van der Waals surface area contributed by atoms with Gasteiger partial charge >= 0.3 is 0 Å². The second-order valence-corrected chi connectivity index (χ2v) is 5.08. The van der Waals surface area contributed by atoms with E-state index >= 15 is 0 Å². The summed E-state index contributed by atoms with van der Waals surface area (Å²) in [6.45, 7) is 1.98. The van der Waals surface area contributed by atoms with E-state index in [1.165, 1.54) is 0 Å². The number of aryl methyl sites for hydroxylation is 2. The number of aromatic nitrogens is 4. The van der Waals surface area contributed by atoms with E-state index in [-0.39, 0.29) is 0 Å². The van der Waals surface area contributed by atoms with E-state index in [1.807, 2.05) is 20.0 Å². The Morgan fingerprint density at radius 3 is 2.72 bits per heavy atom. The van der Waals surface area contributed by atoms with Crippen LogP contribution in [-0.4, -0.2) is 19.9 Å². The van der Waals surface area contributed by atoms with Crippen molar-refractivity contribution in [1.82, 2.24) is 19.9 Å². The zero-order valence-electron chi connectivity index (χ0n) is 10.7. The van der Waals surface area contributed by atoms with Crippen molar-refractivity contribution in [2.24, 2.45) is 12.8 Å². The standard InChI is InChI=1S/C12H17N5O/c1-8-7-9(15-17(8)2)10-14-11(16-18-10)12(13)5-3-4-6-12/h7H,3-6,13H2,1-2H3. The summed E-state index contributed by atoms with van der Waals surface area (Å²) in [4.78, 5) is 4.41. The maximum Gasteiger partial charge on any atom is 0.278 e. The van der Waals surface area contributed by atoms with Crippen molar-refractivity contribution < 1.29 is 4.52 Å². The van der Waals surface area contributed by atoms with Crippen LogP contribution in [0.5, 0.6) is 0 Å². The lowest BCUT2D eigenvalue weighted by atomic mass is 9.99. The zero-order chi connectivity index (χ0) is 12.8. The zero-order valence-corrected chi connectivity index (χ0v) is 10.7. The molecule has 1 aliphatic carbocycles. The lowest BCUT2D eigenvalue weighted by molar-refractivity contribution is 0.372. The van der Waals surface area contributed by atoms with E-state index in [0.29, 0.717) is 17.4 Å². The molecular weight excluding hydrogens is 230 g/mol. The Hall–Kier alpha value is -1.69. The van der Waals surface area contributed by atoms with Gasteiger partial charge in [0, 0.05) is 12.7 Å². The van der Waals surface area contributed by atoms with E-state index in [9.17, 15) is 0 Å². The van der Waals surface area contributed by atoms with Gasteiger partial charge in [-0.3, -0.25) is 4.68 Å². The molecule has 0 unspecified atom stereocenters. The topological polar surface area (TPSA) is 82.8 Å². The molecule has 0 spiro atoms.